The molecule has 0 bridgehead atoms. The standard InChI is InChI=1S/C19H20FN5O2S/c20-13-6-8-14(9-7-13)22-16(26)12-25-19(27)24-11-10-21-18(17(24)23-25)28-15-4-2-1-3-5-15/h6-11,15H,1-5,12H2,(H,22,26). The van der Waals surface area contributed by atoms with Gasteiger partial charge < -0.3 is 5.32 Å². The van der Waals surface area contributed by atoms with E-state index in [2.05, 4.69) is 15.4 Å². The molecule has 1 saturated carbocycles. The fraction of sp³-hybridized carbons (Fsp3) is 0.368. The SMILES string of the molecule is O=C(Cn1nc2c(SC3CCCCC3)nccn2c1=O)Nc1ccc(F)cc1. The first-order chi connectivity index (χ1) is 13.6. The van der Waals surface area contributed by atoms with Crippen molar-refractivity contribution in [2.75, 3.05) is 5.32 Å². The summed E-state index contributed by atoms with van der Waals surface area (Å²) in [5.74, 6) is -0.795. The fourth-order valence-corrected chi connectivity index (χ4v) is 4.57. The van der Waals surface area contributed by atoms with E-state index in [1.165, 1.54) is 47.9 Å². The normalized spacial score (nSPS) is 15.0. The molecule has 0 aliphatic heterocycles. The number of nitrogens with one attached hydrogen (secondary N) is 1. The maximum absolute atomic E-state index is 13.0. The molecule has 1 aliphatic carbocycles. The van der Waals surface area contributed by atoms with Crippen LogP contribution in [0.2, 0.25) is 0 Å². The van der Waals surface area contributed by atoms with Crippen LogP contribution in [0.15, 0.2) is 46.5 Å². The summed E-state index contributed by atoms with van der Waals surface area (Å²) in [6.07, 6.45) is 9.12. The maximum Gasteiger partial charge on any atom is 0.350 e. The summed E-state index contributed by atoms with van der Waals surface area (Å²) in [7, 11) is 0. The first-order valence-corrected chi connectivity index (χ1v) is 10.1. The van der Waals surface area contributed by atoms with Crippen LogP contribution in [0, 0.1) is 5.82 Å². The summed E-state index contributed by atoms with van der Waals surface area (Å²) in [6, 6.07) is 5.44. The van der Waals surface area contributed by atoms with Crippen molar-refractivity contribution >= 4 is 29.0 Å². The zero-order valence-electron chi connectivity index (χ0n) is 15.2. The molecule has 0 radical (unpaired) electrons. The van der Waals surface area contributed by atoms with Crippen molar-refractivity contribution in [2.45, 2.75) is 48.9 Å². The van der Waals surface area contributed by atoms with E-state index in [1.807, 2.05) is 0 Å². The van der Waals surface area contributed by atoms with E-state index >= 15 is 0 Å². The molecule has 1 N–H and O–H groups in total. The second kappa shape index (κ2) is 8.14. The molecule has 0 atom stereocenters. The van der Waals surface area contributed by atoms with Crippen LogP contribution in [0.3, 0.4) is 0 Å². The van der Waals surface area contributed by atoms with E-state index in [4.69, 9.17) is 0 Å². The van der Waals surface area contributed by atoms with Gasteiger partial charge in [-0.3, -0.25) is 4.79 Å². The highest BCUT2D eigenvalue weighted by molar-refractivity contribution is 8.00. The Kier molecular flexibility index (Phi) is 5.43. The Bertz CT molecular complexity index is 1040. The van der Waals surface area contributed by atoms with Gasteiger partial charge in [0.25, 0.3) is 0 Å². The molecule has 1 aromatic carbocycles. The van der Waals surface area contributed by atoms with Crippen LogP contribution in [0.25, 0.3) is 5.65 Å². The third kappa shape index (κ3) is 4.09. The Morgan fingerprint density at radius 3 is 2.71 bits per heavy atom. The van der Waals surface area contributed by atoms with Gasteiger partial charge in [-0.05, 0) is 37.1 Å². The van der Waals surface area contributed by atoms with Gasteiger partial charge in [0.2, 0.25) is 5.91 Å². The average molecular weight is 401 g/mol. The smallest absolute Gasteiger partial charge is 0.324 e. The van der Waals surface area contributed by atoms with Crippen LogP contribution in [0.4, 0.5) is 10.1 Å². The zero-order chi connectivity index (χ0) is 19.5. The van der Waals surface area contributed by atoms with Crippen molar-refractivity contribution in [3.05, 3.63) is 53.0 Å². The summed E-state index contributed by atoms with van der Waals surface area (Å²) in [5.41, 5.74) is 0.535. The summed E-state index contributed by atoms with van der Waals surface area (Å²) in [4.78, 5) is 29.3. The van der Waals surface area contributed by atoms with Crippen molar-refractivity contribution in [2.24, 2.45) is 0 Å². The predicted octanol–water partition coefficient (Wildman–Crippen LogP) is 3.09. The van der Waals surface area contributed by atoms with Gasteiger partial charge in [0.05, 0.1) is 0 Å². The number of hydrogen-bond acceptors (Lipinski definition) is 5. The summed E-state index contributed by atoms with van der Waals surface area (Å²) in [5, 5.41) is 8.16. The summed E-state index contributed by atoms with van der Waals surface area (Å²) < 4.78 is 15.5. The Hall–Kier alpha value is -2.68. The van der Waals surface area contributed by atoms with Crippen LogP contribution in [0.1, 0.15) is 32.1 Å². The highest BCUT2D eigenvalue weighted by Gasteiger charge is 2.19. The number of carbonyl (C=O) groups excluding carboxylic acids is 1. The summed E-state index contributed by atoms with van der Waals surface area (Å²) in [6.45, 7) is -0.231. The number of aromatic nitrogens is 4. The van der Waals surface area contributed by atoms with E-state index in [0.29, 0.717) is 21.6 Å². The van der Waals surface area contributed by atoms with E-state index in [0.717, 1.165) is 17.5 Å². The van der Waals surface area contributed by atoms with Crippen molar-refractivity contribution < 1.29 is 9.18 Å². The van der Waals surface area contributed by atoms with E-state index in [1.54, 1.807) is 24.2 Å². The number of halogens is 1. The second-order valence-corrected chi connectivity index (χ2v) is 8.09. The van der Waals surface area contributed by atoms with Gasteiger partial charge >= 0.3 is 5.69 Å². The minimum absolute atomic E-state index is 0.231. The Balaban J connectivity index is 1.53. The Morgan fingerprint density at radius 2 is 1.96 bits per heavy atom. The lowest BCUT2D eigenvalue weighted by Crippen LogP contribution is -2.28. The van der Waals surface area contributed by atoms with Gasteiger partial charge in [-0.25, -0.2) is 23.3 Å². The van der Waals surface area contributed by atoms with Crippen LogP contribution in [-0.4, -0.2) is 30.3 Å². The quantitative estimate of drug-likeness (QED) is 0.711. The van der Waals surface area contributed by atoms with Crippen LogP contribution in [0.5, 0.6) is 0 Å². The van der Waals surface area contributed by atoms with Gasteiger partial charge in [0, 0.05) is 23.3 Å². The van der Waals surface area contributed by atoms with Crippen LogP contribution in [-0.2, 0) is 11.3 Å². The third-order valence-electron chi connectivity index (χ3n) is 4.72. The van der Waals surface area contributed by atoms with Crippen LogP contribution >= 0.6 is 11.8 Å². The van der Waals surface area contributed by atoms with E-state index < -0.39 is 11.6 Å². The number of benzene rings is 1. The minimum atomic E-state index is -0.411. The molecule has 0 saturated heterocycles. The largest absolute Gasteiger partial charge is 0.350 e. The molecule has 1 amide bonds. The molecule has 0 unspecified atom stereocenters. The minimum Gasteiger partial charge on any atom is -0.324 e. The Labute approximate surface area is 165 Å². The lowest BCUT2D eigenvalue weighted by Gasteiger charge is -2.20. The number of thioether (sulfide) groups is 1. The van der Waals surface area contributed by atoms with Gasteiger partial charge in [0.15, 0.2) is 5.65 Å². The van der Waals surface area contributed by atoms with Crippen molar-refractivity contribution in [1.29, 1.82) is 0 Å². The predicted molar refractivity (Wildman–Crippen MR) is 105 cm³/mol. The molecule has 1 fully saturated rings. The van der Waals surface area contributed by atoms with E-state index in [-0.39, 0.29) is 12.4 Å². The molecule has 28 heavy (non-hydrogen) atoms. The first kappa shape index (κ1) is 18.7. The maximum atomic E-state index is 13.0. The number of fused-ring (bicyclic) bond motifs is 1. The average Bonchev–Trinajstić information content (AvgIpc) is 3.01. The van der Waals surface area contributed by atoms with Gasteiger partial charge in [-0.15, -0.1) is 5.10 Å². The number of nitrogens with zero attached hydrogens (tertiary/aromatic N) is 4. The van der Waals surface area contributed by atoms with Gasteiger partial charge in [0.1, 0.15) is 17.4 Å². The highest BCUT2D eigenvalue weighted by Crippen LogP contribution is 2.33. The lowest BCUT2D eigenvalue weighted by atomic mass is 10.0. The molecule has 0 spiro atoms. The molecule has 3 aromatic rings. The number of anilines is 1. The zero-order valence-corrected chi connectivity index (χ0v) is 16.0. The highest BCUT2D eigenvalue weighted by atomic mass is 32.2. The fourth-order valence-electron chi connectivity index (χ4n) is 3.32. The molecule has 146 valence electrons. The van der Waals surface area contributed by atoms with Crippen molar-refractivity contribution in [1.82, 2.24) is 19.2 Å². The molecule has 9 heteroatoms. The summed E-state index contributed by atoms with van der Waals surface area (Å²) >= 11 is 1.66. The topological polar surface area (TPSA) is 81.3 Å². The molecule has 2 aromatic heterocycles. The number of hydrogen-bond donors (Lipinski definition) is 1. The lowest BCUT2D eigenvalue weighted by molar-refractivity contribution is -0.117. The van der Waals surface area contributed by atoms with Gasteiger partial charge in [-0.1, -0.05) is 31.0 Å². The molecular weight excluding hydrogens is 381 g/mol. The number of carbonyl (C=O) groups is 1. The van der Waals surface area contributed by atoms with Crippen molar-refractivity contribution in [3.63, 3.8) is 0 Å². The monoisotopic (exact) mass is 401 g/mol. The Morgan fingerprint density at radius 1 is 1.21 bits per heavy atom. The molecule has 7 nitrogen and oxygen atoms in total. The molecule has 1 aliphatic rings. The number of rotatable bonds is 5. The number of amides is 1. The molecular formula is C19H20FN5O2S. The van der Waals surface area contributed by atoms with Crippen molar-refractivity contribution in [3.8, 4) is 0 Å². The van der Waals surface area contributed by atoms with Gasteiger partial charge in [-0.2, -0.15) is 0 Å². The first-order valence-electron chi connectivity index (χ1n) is 9.26. The van der Waals surface area contributed by atoms with E-state index in [9.17, 15) is 14.0 Å². The third-order valence-corrected chi connectivity index (χ3v) is 6.04. The molecule has 4 rings (SSSR count). The second-order valence-electron chi connectivity index (χ2n) is 6.80. The van der Waals surface area contributed by atoms with Crippen LogP contribution < -0.4 is 11.0 Å². The molecule has 2 heterocycles.